The number of esters is 1. The summed E-state index contributed by atoms with van der Waals surface area (Å²) in [5.41, 5.74) is 2.37. The first-order valence-electron chi connectivity index (χ1n) is 5.67. The number of nitrogens with one attached hydrogen (secondary N) is 1. The van der Waals surface area contributed by atoms with E-state index in [-0.39, 0.29) is 18.4 Å². The number of hydrogen-bond acceptors (Lipinski definition) is 3. The van der Waals surface area contributed by atoms with Gasteiger partial charge in [0.1, 0.15) is 0 Å². The molecule has 1 aromatic carbocycles. The van der Waals surface area contributed by atoms with E-state index in [4.69, 9.17) is 11.6 Å². The largest absolute Gasteiger partial charge is 0.469 e. The predicted molar refractivity (Wildman–Crippen MR) is 76.5 cm³/mol. The van der Waals surface area contributed by atoms with Crippen molar-refractivity contribution in [2.45, 2.75) is 19.4 Å². The predicted octanol–water partition coefficient (Wildman–Crippen LogP) is 2.54. The fourth-order valence-electron chi connectivity index (χ4n) is 1.47. The standard InChI is InChI=1S/C13H18ClNO2.ClH/c1-17-13(16)7-6-11-2-4-12(5-3-11)10-15-9-8-14;/h2-5,15H,6-10H2,1H3;1H. The van der Waals surface area contributed by atoms with Gasteiger partial charge in [0.05, 0.1) is 7.11 Å². The molecule has 1 rings (SSSR count). The number of halogens is 2. The van der Waals surface area contributed by atoms with Gasteiger partial charge in [0.25, 0.3) is 0 Å². The Balaban J connectivity index is 0.00000289. The molecule has 0 spiro atoms. The Morgan fingerprint density at radius 2 is 1.89 bits per heavy atom. The van der Waals surface area contributed by atoms with Crippen LogP contribution in [0.1, 0.15) is 17.5 Å². The van der Waals surface area contributed by atoms with E-state index in [0.29, 0.717) is 12.3 Å². The van der Waals surface area contributed by atoms with Crippen molar-refractivity contribution in [1.29, 1.82) is 0 Å². The molecule has 0 aromatic heterocycles. The van der Waals surface area contributed by atoms with E-state index in [9.17, 15) is 4.79 Å². The van der Waals surface area contributed by atoms with E-state index >= 15 is 0 Å². The van der Waals surface area contributed by atoms with Crippen LogP contribution in [0.4, 0.5) is 0 Å². The molecule has 3 nitrogen and oxygen atoms in total. The smallest absolute Gasteiger partial charge is 0.305 e. The summed E-state index contributed by atoms with van der Waals surface area (Å²) in [7, 11) is 1.41. The number of hydrogen-bond donors (Lipinski definition) is 1. The van der Waals surface area contributed by atoms with E-state index in [1.165, 1.54) is 12.7 Å². The molecule has 5 heteroatoms. The fraction of sp³-hybridized carbons (Fsp3) is 0.462. The van der Waals surface area contributed by atoms with Gasteiger partial charge in [0.15, 0.2) is 0 Å². The van der Waals surface area contributed by atoms with Crippen molar-refractivity contribution in [3.63, 3.8) is 0 Å². The van der Waals surface area contributed by atoms with Crippen LogP contribution in [0.3, 0.4) is 0 Å². The second kappa shape index (κ2) is 10.2. The van der Waals surface area contributed by atoms with Gasteiger partial charge < -0.3 is 10.1 Å². The molecule has 0 aliphatic rings. The van der Waals surface area contributed by atoms with Crippen LogP contribution in [0.2, 0.25) is 0 Å². The molecule has 18 heavy (non-hydrogen) atoms. The van der Waals surface area contributed by atoms with Gasteiger partial charge in [-0.2, -0.15) is 0 Å². The Bertz CT molecular complexity index is 341. The molecule has 0 fully saturated rings. The van der Waals surface area contributed by atoms with E-state index in [1.54, 1.807) is 0 Å². The molecule has 0 unspecified atom stereocenters. The quantitative estimate of drug-likeness (QED) is 0.477. The molecule has 1 aromatic rings. The van der Waals surface area contributed by atoms with E-state index in [1.807, 2.05) is 12.1 Å². The lowest BCUT2D eigenvalue weighted by Gasteiger charge is -2.05. The van der Waals surface area contributed by atoms with Gasteiger partial charge in [0.2, 0.25) is 0 Å². The van der Waals surface area contributed by atoms with Crippen LogP contribution in [0.15, 0.2) is 24.3 Å². The first-order valence-corrected chi connectivity index (χ1v) is 6.21. The number of alkyl halides is 1. The molecule has 0 radical (unpaired) electrons. The van der Waals surface area contributed by atoms with Gasteiger partial charge in [-0.1, -0.05) is 24.3 Å². The SMILES string of the molecule is COC(=O)CCc1ccc(CNCCCl)cc1.Cl. The summed E-state index contributed by atoms with van der Waals surface area (Å²) < 4.78 is 4.60. The summed E-state index contributed by atoms with van der Waals surface area (Å²) in [4.78, 5) is 11.0. The molecule has 0 aliphatic heterocycles. The normalized spacial score (nSPS) is 9.67. The molecular weight excluding hydrogens is 273 g/mol. The van der Waals surface area contributed by atoms with Crippen LogP contribution in [0.5, 0.6) is 0 Å². The molecule has 1 N–H and O–H groups in total. The van der Waals surface area contributed by atoms with Gasteiger partial charge in [-0.05, 0) is 17.5 Å². The lowest BCUT2D eigenvalue weighted by atomic mass is 10.1. The minimum atomic E-state index is -0.169. The highest BCUT2D eigenvalue weighted by atomic mass is 35.5. The van der Waals surface area contributed by atoms with Crippen LogP contribution >= 0.6 is 24.0 Å². The average molecular weight is 292 g/mol. The van der Waals surface area contributed by atoms with Crippen molar-refractivity contribution in [2.75, 3.05) is 19.5 Å². The first kappa shape index (κ1) is 17.2. The fourth-order valence-corrected chi connectivity index (χ4v) is 1.61. The molecule has 0 saturated heterocycles. The van der Waals surface area contributed by atoms with Gasteiger partial charge in [-0.25, -0.2) is 0 Å². The number of benzene rings is 1. The van der Waals surface area contributed by atoms with Crippen LogP contribution in [-0.2, 0) is 22.5 Å². The van der Waals surface area contributed by atoms with Gasteiger partial charge >= 0.3 is 5.97 Å². The van der Waals surface area contributed by atoms with Crippen molar-refractivity contribution in [1.82, 2.24) is 5.32 Å². The Hall–Kier alpha value is -0.770. The molecule has 0 bridgehead atoms. The second-order valence-electron chi connectivity index (χ2n) is 3.76. The van der Waals surface area contributed by atoms with Gasteiger partial charge in [0, 0.05) is 25.4 Å². The molecule has 0 aliphatic carbocycles. The maximum atomic E-state index is 11.0. The Morgan fingerprint density at radius 3 is 2.44 bits per heavy atom. The average Bonchev–Trinajstić information content (AvgIpc) is 2.37. The van der Waals surface area contributed by atoms with E-state index in [0.717, 1.165) is 25.1 Å². The van der Waals surface area contributed by atoms with Crippen LogP contribution in [0.25, 0.3) is 0 Å². The van der Waals surface area contributed by atoms with Crippen LogP contribution in [-0.4, -0.2) is 25.5 Å². The third-order valence-corrected chi connectivity index (χ3v) is 2.66. The topological polar surface area (TPSA) is 38.3 Å². The zero-order valence-electron chi connectivity index (χ0n) is 10.4. The lowest BCUT2D eigenvalue weighted by molar-refractivity contribution is -0.140. The summed E-state index contributed by atoms with van der Waals surface area (Å²) in [5.74, 6) is 0.454. The van der Waals surface area contributed by atoms with Crippen LogP contribution in [0, 0.1) is 0 Å². The highest BCUT2D eigenvalue weighted by Crippen LogP contribution is 2.07. The number of methoxy groups -OCH3 is 1. The van der Waals surface area contributed by atoms with Crippen molar-refractivity contribution in [3.05, 3.63) is 35.4 Å². The third-order valence-electron chi connectivity index (χ3n) is 2.47. The number of carbonyl (C=O) groups is 1. The molecule has 102 valence electrons. The van der Waals surface area contributed by atoms with Crippen molar-refractivity contribution < 1.29 is 9.53 Å². The van der Waals surface area contributed by atoms with Gasteiger partial charge in [-0.15, -0.1) is 24.0 Å². The highest BCUT2D eigenvalue weighted by Gasteiger charge is 2.01. The van der Waals surface area contributed by atoms with Crippen molar-refractivity contribution >= 4 is 30.0 Å². The minimum absolute atomic E-state index is 0. The van der Waals surface area contributed by atoms with Crippen molar-refractivity contribution in [3.8, 4) is 0 Å². The maximum Gasteiger partial charge on any atom is 0.305 e. The number of ether oxygens (including phenoxy) is 1. The third kappa shape index (κ3) is 6.84. The summed E-state index contributed by atoms with van der Waals surface area (Å²) in [6, 6.07) is 8.21. The Kier molecular flexibility index (Phi) is 9.74. The minimum Gasteiger partial charge on any atom is -0.469 e. The van der Waals surface area contributed by atoms with E-state index < -0.39 is 0 Å². The molecule has 0 atom stereocenters. The Labute approximate surface area is 119 Å². The number of rotatable bonds is 7. The molecular formula is C13H19Cl2NO2. The molecule has 0 amide bonds. The van der Waals surface area contributed by atoms with Crippen molar-refractivity contribution in [2.24, 2.45) is 0 Å². The lowest BCUT2D eigenvalue weighted by Crippen LogP contribution is -2.15. The van der Waals surface area contributed by atoms with Crippen LogP contribution < -0.4 is 5.32 Å². The number of aryl methyl sites for hydroxylation is 1. The zero-order chi connectivity index (χ0) is 12.5. The van der Waals surface area contributed by atoms with Gasteiger partial charge in [-0.3, -0.25) is 4.79 Å². The summed E-state index contributed by atoms with van der Waals surface area (Å²) in [6.07, 6.45) is 1.16. The number of carbonyl (C=O) groups excluding carboxylic acids is 1. The molecule has 0 heterocycles. The Morgan fingerprint density at radius 1 is 1.28 bits per heavy atom. The summed E-state index contributed by atoms with van der Waals surface area (Å²) >= 11 is 5.57. The summed E-state index contributed by atoms with van der Waals surface area (Å²) in [5, 5.41) is 3.22. The van der Waals surface area contributed by atoms with E-state index in [2.05, 4.69) is 22.2 Å². The maximum absolute atomic E-state index is 11.0. The first-order chi connectivity index (χ1) is 8.26. The molecule has 0 saturated carbocycles. The zero-order valence-corrected chi connectivity index (χ0v) is 12.0. The highest BCUT2D eigenvalue weighted by molar-refractivity contribution is 6.18. The summed E-state index contributed by atoms with van der Waals surface area (Å²) in [6.45, 7) is 1.63. The monoisotopic (exact) mass is 291 g/mol. The second-order valence-corrected chi connectivity index (χ2v) is 4.14.